The number of hydrogen-bond donors (Lipinski definition) is 2. The van der Waals surface area contributed by atoms with Crippen molar-refractivity contribution in [3.63, 3.8) is 0 Å². The highest BCUT2D eigenvalue weighted by Crippen LogP contribution is 2.24. The van der Waals surface area contributed by atoms with E-state index in [1.807, 2.05) is 32.0 Å². The first-order valence-electron chi connectivity index (χ1n) is 7.64. The van der Waals surface area contributed by atoms with Gasteiger partial charge >= 0.3 is 6.36 Å². The Bertz CT molecular complexity index is 743. The van der Waals surface area contributed by atoms with Crippen molar-refractivity contribution in [2.24, 2.45) is 0 Å². The van der Waals surface area contributed by atoms with Crippen LogP contribution in [0.4, 0.5) is 24.5 Å². The molecule has 0 heterocycles. The summed E-state index contributed by atoms with van der Waals surface area (Å²) < 4.78 is 40.2. The van der Waals surface area contributed by atoms with Gasteiger partial charge in [0.05, 0.1) is 0 Å². The van der Waals surface area contributed by atoms with Gasteiger partial charge in [-0.2, -0.15) is 0 Å². The lowest BCUT2D eigenvalue weighted by Crippen LogP contribution is -2.32. The molecule has 0 fully saturated rings. The first-order chi connectivity index (χ1) is 11.6. The average Bonchev–Trinajstić information content (AvgIpc) is 2.50. The summed E-state index contributed by atoms with van der Waals surface area (Å²) in [7, 11) is 0. The Morgan fingerprint density at radius 2 is 1.72 bits per heavy atom. The van der Waals surface area contributed by atoms with Crippen LogP contribution in [0.5, 0.6) is 5.75 Å². The molecule has 2 aromatic carbocycles. The van der Waals surface area contributed by atoms with Gasteiger partial charge in [-0.1, -0.05) is 17.7 Å². The van der Waals surface area contributed by atoms with Gasteiger partial charge in [-0.05, 0) is 56.7 Å². The Morgan fingerprint density at radius 1 is 1.08 bits per heavy atom. The van der Waals surface area contributed by atoms with E-state index in [0.717, 1.165) is 28.9 Å². The van der Waals surface area contributed by atoms with Crippen molar-refractivity contribution < 1.29 is 22.7 Å². The van der Waals surface area contributed by atoms with Crippen LogP contribution in [0.3, 0.4) is 0 Å². The van der Waals surface area contributed by atoms with Gasteiger partial charge < -0.3 is 15.4 Å². The van der Waals surface area contributed by atoms with Crippen LogP contribution in [-0.4, -0.2) is 18.3 Å². The van der Waals surface area contributed by atoms with Gasteiger partial charge in [0.2, 0.25) is 5.91 Å². The van der Waals surface area contributed by atoms with Gasteiger partial charge in [-0.25, -0.2) is 0 Å². The van der Waals surface area contributed by atoms with E-state index in [-0.39, 0.29) is 11.7 Å². The van der Waals surface area contributed by atoms with E-state index in [1.165, 1.54) is 12.1 Å². The topological polar surface area (TPSA) is 50.4 Å². The van der Waals surface area contributed by atoms with Crippen LogP contribution in [0.25, 0.3) is 0 Å². The van der Waals surface area contributed by atoms with Crippen LogP contribution >= 0.6 is 0 Å². The lowest BCUT2D eigenvalue weighted by molar-refractivity contribution is -0.274. The van der Waals surface area contributed by atoms with E-state index < -0.39 is 12.4 Å². The molecule has 7 heteroatoms. The number of carbonyl (C=O) groups excluding carboxylic acids is 1. The van der Waals surface area contributed by atoms with Gasteiger partial charge in [0.25, 0.3) is 0 Å². The molecule has 0 saturated heterocycles. The lowest BCUT2D eigenvalue weighted by Gasteiger charge is -2.17. The number of hydrogen-bond acceptors (Lipinski definition) is 3. The summed E-state index contributed by atoms with van der Waals surface area (Å²) in [6.45, 7) is 5.63. The molecule has 0 bridgehead atoms. The molecule has 0 aliphatic carbocycles. The van der Waals surface area contributed by atoms with Crippen molar-refractivity contribution in [3.8, 4) is 5.75 Å². The SMILES string of the molecule is Cc1ccc(N[C@@H](C)C(=O)Nc2ccc(OC(F)(F)F)cc2)c(C)c1. The zero-order valence-corrected chi connectivity index (χ0v) is 14.1. The third-order valence-corrected chi connectivity index (χ3v) is 3.50. The Balaban J connectivity index is 1.96. The van der Waals surface area contributed by atoms with Crippen LogP contribution in [0.1, 0.15) is 18.1 Å². The Hall–Kier alpha value is -2.70. The number of aryl methyl sites for hydroxylation is 2. The number of ether oxygens (including phenoxy) is 1. The fourth-order valence-electron chi connectivity index (χ4n) is 2.26. The summed E-state index contributed by atoms with van der Waals surface area (Å²) >= 11 is 0. The van der Waals surface area contributed by atoms with E-state index in [4.69, 9.17) is 0 Å². The standard InChI is InChI=1S/C18H19F3N2O2/c1-11-4-9-16(12(2)10-11)22-13(3)17(24)23-14-5-7-15(8-6-14)25-18(19,20)21/h4-10,13,22H,1-3H3,(H,23,24)/t13-/m0/s1. The number of amides is 1. The van der Waals surface area contributed by atoms with Gasteiger partial charge in [0.1, 0.15) is 11.8 Å². The third kappa shape index (κ3) is 5.70. The molecule has 134 valence electrons. The average molecular weight is 352 g/mol. The minimum absolute atomic E-state index is 0.301. The number of benzene rings is 2. The number of alkyl halides is 3. The molecule has 0 unspecified atom stereocenters. The summed E-state index contributed by atoms with van der Waals surface area (Å²) in [4.78, 5) is 12.2. The molecule has 25 heavy (non-hydrogen) atoms. The summed E-state index contributed by atoms with van der Waals surface area (Å²) in [5.74, 6) is -0.642. The van der Waals surface area contributed by atoms with E-state index in [0.29, 0.717) is 5.69 Å². The highest BCUT2D eigenvalue weighted by Gasteiger charge is 2.31. The monoisotopic (exact) mass is 352 g/mol. The van der Waals surface area contributed by atoms with Crippen molar-refractivity contribution in [1.82, 2.24) is 0 Å². The quantitative estimate of drug-likeness (QED) is 0.824. The molecule has 0 aliphatic heterocycles. The first-order valence-corrected chi connectivity index (χ1v) is 7.64. The lowest BCUT2D eigenvalue weighted by atomic mass is 10.1. The number of rotatable bonds is 5. The number of carbonyl (C=O) groups is 1. The van der Waals surface area contributed by atoms with Crippen molar-refractivity contribution >= 4 is 17.3 Å². The number of halogens is 3. The van der Waals surface area contributed by atoms with Crippen LogP contribution in [0, 0.1) is 13.8 Å². The third-order valence-electron chi connectivity index (χ3n) is 3.50. The Morgan fingerprint density at radius 3 is 2.28 bits per heavy atom. The highest BCUT2D eigenvalue weighted by atomic mass is 19.4. The fourth-order valence-corrected chi connectivity index (χ4v) is 2.26. The first kappa shape index (κ1) is 18.6. The van der Waals surface area contributed by atoms with Gasteiger partial charge in [0.15, 0.2) is 0 Å². The van der Waals surface area contributed by atoms with E-state index in [9.17, 15) is 18.0 Å². The summed E-state index contributed by atoms with van der Waals surface area (Å²) in [6.07, 6.45) is -4.74. The van der Waals surface area contributed by atoms with Crippen LogP contribution in [-0.2, 0) is 4.79 Å². The molecule has 2 rings (SSSR count). The highest BCUT2D eigenvalue weighted by molar-refractivity contribution is 5.96. The number of nitrogens with one attached hydrogen (secondary N) is 2. The van der Waals surface area contributed by atoms with Crippen molar-refractivity contribution in [2.75, 3.05) is 10.6 Å². The minimum Gasteiger partial charge on any atom is -0.406 e. The predicted octanol–water partition coefficient (Wildman–Crippen LogP) is 4.64. The maximum atomic E-state index is 12.2. The van der Waals surface area contributed by atoms with Crippen LogP contribution in [0.15, 0.2) is 42.5 Å². The second-order valence-electron chi connectivity index (χ2n) is 5.75. The molecule has 1 amide bonds. The van der Waals surface area contributed by atoms with Crippen LogP contribution in [0.2, 0.25) is 0 Å². The number of anilines is 2. The molecule has 4 nitrogen and oxygen atoms in total. The predicted molar refractivity (Wildman–Crippen MR) is 90.8 cm³/mol. The van der Waals surface area contributed by atoms with E-state index in [1.54, 1.807) is 6.92 Å². The Labute approximate surface area is 144 Å². The Kier molecular flexibility index (Phi) is 5.56. The molecule has 0 aromatic heterocycles. The molecular formula is C18H19F3N2O2. The molecule has 0 saturated carbocycles. The minimum atomic E-state index is -4.74. The summed E-state index contributed by atoms with van der Waals surface area (Å²) in [5, 5.41) is 5.76. The molecule has 2 N–H and O–H groups in total. The smallest absolute Gasteiger partial charge is 0.406 e. The maximum Gasteiger partial charge on any atom is 0.573 e. The molecule has 0 aliphatic rings. The maximum absolute atomic E-state index is 12.2. The zero-order valence-electron chi connectivity index (χ0n) is 14.1. The molecule has 2 aromatic rings. The fraction of sp³-hybridized carbons (Fsp3) is 0.278. The molecular weight excluding hydrogens is 333 g/mol. The second kappa shape index (κ2) is 7.46. The van der Waals surface area contributed by atoms with Gasteiger partial charge in [-0.3, -0.25) is 4.79 Å². The molecule has 0 radical (unpaired) electrons. The molecule has 0 spiro atoms. The largest absolute Gasteiger partial charge is 0.573 e. The zero-order chi connectivity index (χ0) is 18.6. The van der Waals surface area contributed by atoms with Crippen molar-refractivity contribution in [2.45, 2.75) is 33.2 Å². The summed E-state index contributed by atoms with van der Waals surface area (Å²) in [5.41, 5.74) is 3.38. The normalized spacial score (nSPS) is 12.4. The molecule has 1 atom stereocenters. The van der Waals surface area contributed by atoms with Gasteiger partial charge in [-0.15, -0.1) is 13.2 Å². The second-order valence-corrected chi connectivity index (χ2v) is 5.75. The van der Waals surface area contributed by atoms with Gasteiger partial charge in [0, 0.05) is 11.4 Å². The van der Waals surface area contributed by atoms with E-state index in [2.05, 4.69) is 15.4 Å². The van der Waals surface area contributed by atoms with Crippen molar-refractivity contribution in [3.05, 3.63) is 53.6 Å². The summed E-state index contributed by atoms with van der Waals surface area (Å²) in [6, 6.07) is 10.3. The van der Waals surface area contributed by atoms with E-state index >= 15 is 0 Å². The van der Waals surface area contributed by atoms with Crippen molar-refractivity contribution in [1.29, 1.82) is 0 Å². The van der Waals surface area contributed by atoms with Crippen LogP contribution < -0.4 is 15.4 Å².